The lowest BCUT2D eigenvalue weighted by Crippen LogP contribution is -2.41. The summed E-state index contributed by atoms with van der Waals surface area (Å²) in [7, 11) is 0. The lowest BCUT2D eigenvalue weighted by atomic mass is 9.68. The van der Waals surface area contributed by atoms with Crippen molar-refractivity contribution >= 4 is 17.7 Å². The monoisotopic (exact) mass is 397 g/mol. The number of nitrogens with zero attached hydrogens (tertiary/aromatic N) is 2. The van der Waals surface area contributed by atoms with Crippen LogP contribution in [0.1, 0.15) is 50.7 Å². The largest absolute Gasteiger partial charge is 0.369 e. The Morgan fingerprint density at radius 2 is 2.00 bits per heavy atom. The van der Waals surface area contributed by atoms with Crippen LogP contribution in [-0.2, 0) is 23.2 Å². The standard InChI is InChI=1S/C22H27N3O2S/c1-14(2)12-25-20(27)18-19(24-21(25)28-13-17(23)26)16-8-4-3-7-15(16)11-22(18)9-5-6-10-22/h3-4,7-8,14H,5-6,9-13H2,1-2H3,(H2,23,26). The Kier molecular flexibility index (Phi) is 5.08. The van der Waals surface area contributed by atoms with E-state index in [1.165, 1.54) is 17.3 Å². The molecule has 2 aromatic rings. The summed E-state index contributed by atoms with van der Waals surface area (Å²) in [5.41, 5.74) is 9.39. The zero-order chi connectivity index (χ0) is 19.9. The van der Waals surface area contributed by atoms with Crippen LogP contribution in [0.2, 0.25) is 0 Å². The van der Waals surface area contributed by atoms with Gasteiger partial charge < -0.3 is 5.73 Å². The fourth-order valence-electron chi connectivity index (χ4n) is 4.82. The van der Waals surface area contributed by atoms with Crippen molar-refractivity contribution in [3.63, 3.8) is 0 Å². The van der Waals surface area contributed by atoms with E-state index in [2.05, 4.69) is 32.0 Å². The van der Waals surface area contributed by atoms with E-state index in [1.54, 1.807) is 4.57 Å². The third-order valence-electron chi connectivity index (χ3n) is 5.92. The van der Waals surface area contributed by atoms with Gasteiger partial charge in [-0.1, -0.05) is 62.7 Å². The third kappa shape index (κ3) is 3.28. The summed E-state index contributed by atoms with van der Waals surface area (Å²) in [5, 5.41) is 0.598. The van der Waals surface area contributed by atoms with Crippen LogP contribution in [0, 0.1) is 5.92 Å². The molecule has 1 aromatic carbocycles. The van der Waals surface area contributed by atoms with Gasteiger partial charge >= 0.3 is 0 Å². The number of carbonyl (C=O) groups is 1. The van der Waals surface area contributed by atoms with Crippen LogP contribution in [-0.4, -0.2) is 21.2 Å². The number of rotatable bonds is 5. The predicted molar refractivity (Wildman–Crippen MR) is 113 cm³/mol. The van der Waals surface area contributed by atoms with Crippen LogP contribution in [0.4, 0.5) is 0 Å². The maximum Gasteiger partial charge on any atom is 0.258 e. The van der Waals surface area contributed by atoms with E-state index in [1.807, 2.05) is 6.07 Å². The Bertz CT molecular complexity index is 974. The van der Waals surface area contributed by atoms with Crippen molar-refractivity contribution in [1.82, 2.24) is 9.55 Å². The topological polar surface area (TPSA) is 78.0 Å². The maximum atomic E-state index is 13.8. The van der Waals surface area contributed by atoms with E-state index in [-0.39, 0.29) is 16.7 Å². The van der Waals surface area contributed by atoms with Crippen LogP contribution in [0.25, 0.3) is 11.3 Å². The molecule has 1 fully saturated rings. The first kappa shape index (κ1) is 19.2. The Hall–Kier alpha value is -2.08. The van der Waals surface area contributed by atoms with Crippen molar-refractivity contribution in [2.75, 3.05) is 5.75 Å². The molecule has 0 saturated heterocycles. The molecule has 5 nitrogen and oxygen atoms in total. The van der Waals surface area contributed by atoms with Crippen molar-refractivity contribution in [3.05, 3.63) is 45.7 Å². The van der Waals surface area contributed by atoms with Gasteiger partial charge in [0.15, 0.2) is 5.16 Å². The van der Waals surface area contributed by atoms with Crippen molar-refractivity contribution in [2.24, 2.45) is 11.7 Å². The van der Waals surface area contributed by atoms with Crippen LogP contribution in [0.5, 0.6) is 0 Å². The molecule has 1 spiro atoms. The predicted octanol–water partition coefficient (Wildman–Crippen LogP) is 3.51. The highest BCUT2D eigenvalue weighted by Crippen LogP contribution is 2.49. The number of thioether (sulfide) groups is 1. The number of carbonyl (C=O) groups excluding carboxylic acids is 1. The lowest BCUT2D eigenvalue weighted by Gasteiger charge is -2.36. The summed E-state index contributed by atoms with van der Waals surface area (Å²) < 4.78 is 1.78. The minimum absolute atomic E-state index is 0.0714. The second kappa shape index (κ2) is 7.39. The molecule has 0 atom stereocenters. The molecule has 1 amide bonds. The maximum absolute atomic E-state index is 13.8. The number of hydrogen-bond donors (Lipinski definition) is 1. The first-order chi connectivity index (χ1) is 13.4. The van der Waals surface area contributed by atoms with Gasteiger partial charge in [0.1, 0.15) is 0 Å². The van der Waals surface area contributed by atoms with Gasteiger partial charge in [0.25, 0.3) is 5.56 Å². The fourth-order valence-corrected chi connectivity index (χ4v) is 5.56. The Labute approximate surface area is 169 Å². The highest BCUT2D eigenvalue weighted by atomic mass is 32.2. The number of amides is 1. The molecule has 0 aliphatic heterocycles. The first-order valence-corrected chi connectivity index (χ1v) is 11.0. The van der Waals surface area contributed by atoms with E-state index in [4.69, 9.17) is 10.7 Å². The van der Waals surface area contributed by atoms with Crippen molar-refractivity contribution in [2.45, 2.75) is 63.1 Å². The van der Waals surface area contributed by atoms with Crippen LogP contribution < -0.4 is 11.3 Å². The zero-order valence-electron chi connectivity index (χ0n) is 16.5. The number of nitrogens with two attached hydrogens (primary N) is 1. The molecule has 0 unspecified atom stereocenters. The normalized spacial score (nSPS) is 17.0. The summed E-state index contributed by atoms with van der Waals surface area (Å²) in [4.78, 5) is 30.1. The fraction of sp³-hybridized carbons (Fsp3) is 0.500. The van der Waals surface area contributed by atoms with E-state index in [0.717, 1.165) is 48.9 Å². The van der Waals surface area contributed by atoms with Gasteiger partial charge in [-0.2, -0.15) is 0 Å². The van der Waals surface area contributed by atoms with Crippen LogP contribution >= 0.6 is 11.8 Å². The summed E-state index contributed by atoms with van der Waals surface area (Å²) in [6.45, 7) is 4.78. The smallest absolute Gasteiger partial charge is 0.258 e. The number of fused-ring (bicyclic) bond motifs is 4. The molecule has 0 bridgehead atoms. The lowest BCUT2D eigenvalue weighted by molar-refractivity contribution is -0.115. The van der Waals surface area contributed by atoms with Crippen molar-refractivity contribution < 1.29 is 4.79 Å². The molecule has 148 valence electrons. The molecular weight excluding hydrogens is 370 g/mol. The molecule has 1 heterocycles. The van der Waals surface area contributed by atoms with Crippen LogP contribution in [0.3, 0.4) is 0 Å². The molecular formula is C22H27N3O2S. The second-order valence-corrected chi connectivity index (χ2v) is 9.45. The minimum Gasteiger partial charge on any atom is -0.369 e. The van der Waals surface area contributed by atoms with Gasteiger partial charge in [-0.15, -0.1) is 0 Å². The van der Waals surface area contributed by atoms with E-state index >= 15 is 0 Å². The van der Waals surface area contributed by atoms with Crippen LogP contribution in [0.15, 0.2) is 34.2 Å². The van der Waals surface area contributed by atoms with E-state index < -0.39 is 5.91 Å². The van der Waals surface area contributed by atoms with Crippen molar-refractivity contribution in [3.8, 4) is 11.3 Å². The molecule has 4 rings (SSSR count). The highest BCUT2D eigenvalue weighted by Gasteiger charge is 2.44. The molecule has 2 aliphatic rings. The average molecular weight is 398 g/mol. The number of benzene rings is 1. The summed E-state index contributed by atoms with van der Waals surface area (Å²) in [6, 6.07) is 8.30. The summed E-state index contributed by atoms with van der Waals surface area (Å²) in [6.07, 6.45) is 5.32. The molecule has 1 saturated carbocycles. The second-order valence-electron chi connectivity index (χ2n) is 8.50. The van der Waals surface area contributed by atoms with Gasteiger partial charge in [-0.3, -0.25) is 14.2 Å². The molecule has 2 aliphatic carbocycles. The van der Waals surface area contributed by atoms with Gasteiger partial charge in [0.2, 0.25) is 5.91 Å². The number of hydrogen-bond acceptors (Lipinski definition) is 4. The highest BCUT2D eigenvalue weighted by molar-refractivity contribution is 7.99. The molecule has 1 aromatic heterocycles. The third-order valence-corrected chi connectivity index (χ3v) is 6.92. The minimum atomic E-state index is -0.402. The average Bonchev–Trinajstić information content (AvgIpc) is 3.10. The Morgan fingerprint density at radius 3 is 2.68 bits per heavy atom. The molecule has 0 radical (unpaired) electrons. The molecule has 28 heavy (non-hydrogen) atoms. The van der Waals surface area contributed by atoms with Crippen molar-refractivity contribution in [1.29, 1.82) is 0 Å². The molecule has 2 N–H and O–H groups in total. The SMILES string of the molecule is CC(C)Cn1c(SCC(N)=O)nc2c(c1=O)C1(CCCC1)Cc1ccccc1-2. The van der Waals surface area contributed by atoms with Gasteiger partial charge in [-0.05, 0) is 30.7 Å². The molecule has 6 heteroatoms. The van der Waals surface area contributed by atoms with Gasteiger partial charge in [-0.25, -0.2) is 4.98 Å². The zero-order valence-corrected chi connectivity index (χ0v) is 17.3. The summed E-state index contributed by atoms with van der Waals surface area (Å²) in [5.74, 6) is 0.0254. The van der Waals surface area contributed by atoms with E-state index in [0.29, 0.717) is 17.6 Å². The summed E-state index contributed by atoms with van der Waals surface area (Å²) >= 11 is 1.27. The van der Waals surface area contributed by atoms with Gasteiger partial charge in [0, 0.05) is 17.5 Å². The van der Waals surface area contributed by atoms with E-state index in [9.17, 15) is 9.59 Å². The van der Waals surface area contributed by atoms with Gasteiger partial charge in [0.05, 0.1) is 17.0 Å². The first-order valence-electron chi connectivity index (χ1n) is 10.1. The Morgan fingerprint density at radius 1 is 1.29 bits per heavy atom. The quantitative estimate of drug-likeness (QED) is 0.619. The number of aromatic nitrogens is 2. The Balaban J connectivity index is 1.97. The number of primary amides is 1.